The van der Waals surface area contributed by atoms with E-state index >= 15 is 0 Å². The SMILES string of the molecule is CC(=O)Nc1ccc(C=O)cc1.NCCCC(N)C(=O)O.NCCc1ccccc1.O=C(O)Cc1ccc(Br)cc1. The monoisotopic (exact) mass is 630 g/mol. The highest BCUT2D eigenvalue weighted by Gasteiger charge is 2.08. The predicted molar refractivity (Wildman–Crippen MR) is 165 cm³/mol. The molecule has 1 atom stereocenters. The first-order valence-electron chi connectivity index (χ1n) is 12.7. The van der Waals surface area contributed by atoms with Crippen LogP contribution in [0.15, 0.2) is 83.3 Å². The molecule has 41 heavy (non-hydrogen) atoms. The smallest absolute Gasteiger partial charge is 0.320 e. The number of anilines is 1. The van der Waals surface area contributed by atoms with Gasteiger partial charge in [-0.2, -0.15) is 0 Å². The van der Waals surface area contributed by atoms with Gasteiger partial charge in [-0.05, 0) is 79.9 Å². The second-order valence-corrected chi connectivity index (χ2v) is 9.43. The summed E-state index contributed by atoms with van der Waals surface area (Å²) in [6, 6.07) is 23.4. The summed E-state index contributed by atoms with van der Waals surface area (Å²) in [5.74, 6) is -1.87. The van der Waals surface area contributed by atoms with Crippen LogP contribution in [-0.2, 0) is 27.2 Å². The molecule has 0 spiro atoms. The fraction of sp³-hybridized carbons (Fsp3) is 0.267. The fourth-order valence-corrected chi connectivity index (χ4v) is 3.16. The molecule has 222 valence electrons. The third kappa shape index (κ3) is 20.6. The Bertz CT molecular complexity index is 1160. The topological polar surface area (TPSA) is 199 Å². The quantitative estimate of drug-likeness (QED) is 0.180. The fourth-order valence-electron chi connectivity index (χ4n) is 2.90. The van der Waals surface area contributed by atoms with Gasteiger partial charge in [0.1, 0.15) is 12.3 Å². The maximum absolute atomic E-state index is 10.6. The zero-order chi connectivity index (χ0) is 31.0. The molecule has 3 aromatic rings. The molecule has 0 aromatic heterocycles. The number of carboxylic acids is 2. The zero-order valence-electron chi connectivity index (χ0n) is 23.0. The molecule has 0 aliphatic heterocycles. The van der Waals surface area contributed by atoms with Crippen LogP contribution < -0.4 is 22.5 Å². The molecule has 0 aliphatic rings. The highest BCUT2D eigenvalue weighted by molar-refractivity contribution is 9.10. The van der Waals surface area contributed by atoms with Crippen molar-refractivity contribution in [2.75, 3.05) is 18.4 Å². The summed E-state index contributed by atoms with van der Waals surface area (Å²) in [5, 5.41) is 19.3. The summed E-state index contributed by atoms with van der Waals surface area (Å²) in [7, 11) is 0. The van der Waals surface area contributed by atoms with E-state index < -0.39 is 18.0 Å². The number of rotatable bonds is 10. The van der Waals surface area contributed by atoms with Crippen molar-refractivity contribution < 1.29 is 29.4 Å². The maximum Gasteiger partial charge on any atom is 0.320 e. The number of hydrogen-bond acceptors (Lipinski definition) is 7. The van der Waals surface area contributed by atoms with E-state index in [0.29, 0.717) is 30.6 Å². The lowest BCUT2D eigenvalue weighted by molar-refractivity contribution is -0.139. The Kier molecular flexibility index (Phi) is 20.7. The van der Waals surface area contributed by atoms with Crippen molar-refractivity contribution in [1.82, 2.24) is 0 Å². The number of nitrogens with one attached hydrogen (secondary N) is 1. The molecule has 0 aliphatic carbocycles. The van der Waals surface area contributed by atoms with Gasteiger partial charge in [0.25, 0.3) is 0 Å². The minimum absolute atomic E-state index is 0.0906. The number of carbonyl (C=O) groups is 4. The second-order valence-electron chi connectivity index (χ2n) is 8.52. The summed E-state index contributed by atoms with van der Waals surface area (Å²) in [6.07, 6.45) is 2.98. The van der Waals surface area contributed by atoms with Crippen molar-refractivity contribution in [3.05, 3.63) is 100 Å². The van der Waals surface area contributed by atoms with Gasteiger partial charge in [0.15, 0.2) is 0 Å². The molecule has 10 nitrogen and oxygen atoms in total. The zero-order valence-corrected chi connectivity index (χ0v) is 24.6. The van der Waals surface area contributed by atoms with Crippen LogP contribution in [0.2, 0.25) is 0 Å². The first-order chi connectivity index (χ1) is 19.5. The van der Waals surface area contributed by atoms with Gasteiger partial charge < -0.3 is 32.7 Å². The van der Waals surface area contributed by atoms with E-state index in [9.17, 15) is 19.2 Å². The van der Waals surface area contributed by atoms with Crippen molar-refractivity contribution >= 4 is 45.7 Å². The highest BCUT2D eigenvalue weighted by atomic mass is 79.9. The molecular formula is C30H39BrN4O6. The average Bonchev–Trinajstić information content (AvgIpc) is 2.94. The Morgan fingerprint density at radius 3 is 1.90 bits per heavy atom. The summed E-state index contributed by atoms with van der Waals surface area (Å²) < 4.78 is 0.964. The number of hydrogen-bond donors (Lipinski definition) is 6. The number of carboxylic acid groups (broad SMARTS) is 2. The first-order valence-corrected chi connectivity index (χ1v) is 13.5. The van der Waals surface area contributed by atoms with E-state index in [2.05, 4.69) is 33.4 Å². The van der Waals surface area contributed by atoms with Gasteiger partial charge in [0, 0.05) is 22.6 Å². The number of halogens is 1. The van der Waals surface area contributed by atoms with Crippen LogP contribution in [0.5, 0.6) is 0 Å². The molecule has 0 fully saturated rings. The molecule has 3 aromatic carbocycles. The van der Waals surface area contributed by atoms with Crippen molar-refractivity contribution in [2.24, 2.45) is 17.2 Å². The number of benzene rings is 3. The van der Waals surface area contributed by atoms with Crippen LogP contribution >= 0.6 is 15.9 Å². The predicted octanol–water partition coefficient (Wildman–Crippen LogP) is 3.86. The Labute approximate surface area is 249 Å². The molecular weight excluding hydrogens is 592 g/mol. The van der Waals surface area contributed by atoms with Crippen LogP contribution in [0.25, 0.3) is 0 Å². The van der Waals surface area contributed by atoms with Crippen LogP contribution in [0.3, 0.4) is 0 Å². The third-order valence-corrected chi connectivity index (χ3v) is 5.48. The number of aliphatic carboxylic acids is 2. The molecule has 0 saturated carbocycles. The van der Waals surface area contributed by atoms with E-state index in [0.717, 1.165) is 29.3 Å². The lowest BCUT2D eigenvalue weighted by Crippen LogP contribution is -2.30. The first kappa shape index (κ1) is 37.1. The summed E-state index contributed by atoms with van der Waals surface area (Å²) >= 11 is 3.26. The molecule has 0 saturated heterocycles. The number of aldehydes is 1. The van der Waals surface area contributed by atoms with Crippen LogP contribution in [0.1, 0.15) is 41.3 Å². The second kappa shape index (κ2) is 22.9. The maximum atomic E-state index is 10.6. The lowest BCUT2D eigenvalue weighted by atomic mass is 10.2. The van der Waals surface area contributed by atoms with Gasteiger partial charge in [-0.1, -0.05) is 58.4 Å². The molecule has 1 unspecified atom stereocenters. The van der Waals surface area contributed by atoms with E-state index in [1.807, 2.05) is 30.3 Å². The van der Waals surface area contributed by atoms with E-state index in [1.165, 1.54) is 12.5 Å². The van der Waals surface area contributed by atoms with Crippen molar-refractivity contribution in [3.8, 4) is 0 Å². The molecule has 0 radical (unpaired) electrons. The normalized spacial score (nSPS) is 10.2. The van der Waals surface area contributed by atoms with Crippen molar-refractivity contribution in [3.63, 3.8) is 0 Å². The molecule has 9 N–H and O–H groups in total. The van der Waals surface area contributed by atoms with Gasteiger partial charge in [-0.25, -0.2) is 0 Å². The molecule has 1 amide bonds. The van der Waals surface area contributed by atoms with Gasteiger partial charge in [0.2, 0.25) is 5.91 Å². The number of nitrogens with two attached hydrogens (primary N) is 3. The van der Waals surface area contributed by atoms with E-state index in [4.69, 9.17) is 27.4 Å². The lowest BCUT2D eigenvalue weighted by Gasteiger charge is -2.02. The van der Waals surface area contributed by atoms with E-state index in [1.54, 1.807) is 36.4 Å². The van der Waals surface area contributed by atoms with Crippen molar-refractivity contribution in [1.29, 1.82) is 0 Å². The van der Waals surface area contributed by atoms with Gasteiger partial charge in [-0.15, -0.1) is 0 Å². The number of amides is 1. The van der Waals surface area contributed by atoms with Crippen LogP contribution in [0, 0.1) is 0 Å². The Hall–Kier alpha value is -3.90. The van der Waals surface area contributed by atoms with Gasteiger partial charge >= 0.3 is 11.9 Å². The average molecular weight is 632 g/mol. The highest BCUT2D eigenvalue weighted by Crippen LogP contribution is 2.10. The van der Waals surface area contributed by atoms with E-state index in [-0.39, 0.29) is 12.3 Å². The minimum atomic E-state index is -0.955. The molecule has 11 heteroatoms. The Balaban J connectivity index is 0.000000525. The van der Waals surface area contributed by atoms with Gasteiger partial charge in [0.05, 0.1) is 6.42 Å². The summed E-state index contributed by atoms with van der Waals surface area (Å²) in [4.78, 5) is 41.1. The summed E-state index contributed by atoms with van der Waals surface area (Å²) in [6.45, 7) is 2.68. The number of carbonyl (C=O) groups excluding carboxylic acids is 2. The third-order valence-electron chi connectivity index (χ3n) is 4.95. The summed E-state index contributed by atoms with van der Waals surface area (Å²) in [5.41, 5.74) is 19.1. The standard InChI is InChI=1S/C9H9NO2.C8H7BrO2.C8H11N.C5H12N2O2/c1-7(12)10-9-4-2-8(6-11)3-5-9;9-7-3-1-6(2-4-7)5-8(10)11;9-7-6-8-4-2-1-3-5-8;6-3-1-2-4(7)5(8)9/h2-6H,1H3,(H,10,12);1-4H,5H2,(H,10,11);1-5H,6-7,9H2;4H,1-3,6-7H2,(H,8,9). The van der Waals surface area contributed by atoms with Crippen LogP contribution in [-0.4, -0.2) is 53.5 Å². The molecule has 0 bridgehead atoms. The Morgan fingerprint density at radius 2 is 1.46 bits per heavy atom. The van der Waals surface area contributed by atoms with Crippen LogP contribution in [0.4, 0.5) is 5.69 Å². The van der Waals surface area contributed by atoms with Gasteiger partial charge in [-0.3, -0.25) is 19.2 Å². The largest absolute Gasteiger partial charge is 0.481 e. The van der Waals surface area contributed by atoms with Crippen molar-refractivity contribution in [2.45, 2.75) is 38.6 Å². The molecule has 3 rings (SSSR count). The minimum Gasteiger partial charge on any atom is -0.481 e. The Morgan fingerprint density at radius 1 is 0.878 bits per heavy atom. The molecule has 0 heterocycles.